The number of carboxylic acids is 1. The van der Waals surface area contributed by atoms with Crippen molar-refractivity contribution in [1.82, 2.24) is 10.1 Å². The summed E-state index contributed by atoms with van der Waals surface area (Å²) in [5, 5.41) is 15.4. The first kappa shape index (κ1) is 28.4. The summed E-state index contributed by atoms with van der Waals surface area (Å²) in [5.74, 6) is -0.00507. The number of ether oxygens (including phenoxy) is 2. The standard InChI is InChI=1S/C33H33ClFN3O5S/c34-24-2-1-3-25(35)27(24)29-23(30(43-37-29)19-4-5-19)17-42-33-9-6-21(16-33)38(11-10-33)32-36-28-22(18-7-12-41-13-8-18)14-20(31(39)40)15-26(28)44-32/h1-3,14-15,18-19,21H,4-13,16-17H2,(H,39,40)/t21-,33?/m0/s1. The van der Waals surface area contributed by atoms with Gasteiger partial charge in [-0.05, 0) is 87.1 Å². The molecular formula is C33H33ClFN3O5S. The maximum absolute atomic E-state index is 14.9. The molecule has 4 aromatic rings. The van der Waals surface area contributed by atoms with Crippen LogP contribution in [0.25, 0.3) is 21.5 Å². The Morgan fingerprint density at radius 2 is 2.00 bits per heavy atom. The van der Waals surface area contributed by atoms with Crippen LogP contribution in [0.15, 0.2) is 34.9 Å². The van der Waals surface area contributed by atoms with Crippen molar-refractivity contribution in [3.8, 4) is 11.3 Å². The van der Waals surface area contributed by atoms with E-state index in [0.717, 1.165) is 90.1 Å². The monoisotopic (exact) mass is 637 g/mol. The van der Waals surface area contributed by atoms with E-state index in [0.29, 0.717) is 42.0 Å². The molecule has 2 saturated heterocycles. The summed E-state index contributed by atoms with van der Waals surface area (Å²) in [6.45, 7) is 2.47. The third-order valence-corrected chi connectivity index (χ3v) is 11.3. The zero-order chi connectivity index (χ0) is 30.0. The van der Waals surface area contributed by atoms with E-state index >= 15 is 0 Å². The minimum atomic E-state index is -0.913. The van der Waals surface area contributed by atoms with Gasteiger partial charge >= 0.3 is 5.97 Å². The number of hydrogen-bond acceptors (Lipinski definition) is 8. The molecule has 4 fully saturated rings. The quantitative estimate of drug-likeness (QED) is 0.208. The summed E-state index contributed by atoms with van der Waals surface area (Å²) in [5.41, 5.74) is 3.49. The topological polar surface area (TPSA) is 97.9 Å². The lowest BCUT2D eigenvalue weighted by Gasteiger charge is -2.39. The van der Waals surface area contributed by atoms with Crippen LogP contribution in [0, 0.1) is 5.82 Å². The van der Waals surface area contributed by atoms with Crippen molar-refractivity contribution in [2.24, 2.45) is 0 Å². The lowest BCUT2D eigenvalue weighted by Crippen LogP contribution is -2.45. The van der Waals surface area contributed by atoms with Gasteiger partial charge in [-0.15, -0.1) is 0 Å². The van der Waals surface area contributed by atoms with Gasteiger partial charge in [-0.25, -0.2) is 14.2 Å². The maximum atomic E-state index is 14.9. The fourth-order valence-electron chi connectivity index (χ4n) is 7.40. The Morgan fingerprint density at radius 1 is 1.16 bits per heavy atom. The number of carbonyl (C=O) groups is 1. The molecule has 0 amide bonds. The second-order valence-electron chi connectivity index (χ2n) is 12.7. The molecule has 2 aliphatic heterocycles. The van der Waals surface area contributed by atoms with Gasteiger partial charge in [-0.3, -0.25) is 0 Å². The minimum Gasteiger partial charge on any atom is -0.478 e. The van der Waals surface area contributed by atoms with Crippen LogP contribution in [0.5, 0.6) is 0 Å². The van der Waals surface area contributed by atoms with E-state index in [9.17, 15) is 14.3 Å². The normalized spacial score (nSPS) is 24.0. The lowest BCUT2D eigenvalue weighted by molar-refractivity contribution is -0.0624. The van der Waals surface area contributed by atoms with E-state index in [-0.39, 0.29) is 23.1 Å². The molecule has 0 spiro atoms. The van der Waals surface area contributed by atoms with Gasteiger partial charge < -0.3 is 24.0 Å². The average molecular weight is 638 g/mol. The van der Waals surface area contributed by atoms with E-state index in [1.54, 1.807) is 29.5 Å². The first-order valence-electron chi connectivity index (χ1n) is 15.5. The van der Waals surface area contributed by atoms with E-state index in [1.165, 1.54) is 6.07 Å². The molecule has 2 aromatic heterocycles. The minimum absolute atomic E-state index is 0.247. The Balaban J connectivity index is 1.04. The third-order valence-electron chi connectivity index (χ3n) is 9.95. The van der Waals surface area contributed by atoms with Crippen LogP contribution in [-0.2, 0) is 16.1 Å². The average Bonchev–Trinajstić information content (AvgIpc) is 3.50. The zero-order valence-electron chi connectivity index (χ0n) is 24.2. The van der Waals surface area contributed by atoms with Gasteiger partial charge in [0.15, 0.2) is 5.13 Å². The number of carboxylic acid groups (broad SMARTS) is 1. The Labute approximate surface area is 263 Å². The first-order valence-corrected chi connectivity index (χ1v) is 16.7. The van der Waals surface area contributed by atoms with E-state index in [2.05, 4.69) is 10.1 Å². The van der Waals surface area contributed by atoms with Crippen molar-refractivity contribution in [3.05, 3.63) is 63.6 Å². The van der Waals surface area contributed by atoms with Crippen molar-refractivity contribution in [2.45, 2.75) is 81.5 Å². The number of nitrogens with zero attached hydrogens (tertiary/aromatic N) is 3. The SMILES string of the molecule is O=C(O)c1cc(C2CCOCC2)c2nc(N3CCC4(OCc5c(-c6c(F)cccc6Cl)noc5C5CC5)CC[C@H]3C4)sc2c1. The highest BCUT2D eigenvalue weighted by Crippen LogP contribution is 2.49. The molecule has 2 saturated carbocycles. The molecule has 2 atom stereocenters. The molecule has 11 heteroatoms. The van der Waals surface area contributed by atoms with Crippen molar-refractivity contribution in [1.29, 1.82) is 0 Å². The van der Waals surface area contributed by atoms with Crippen molar-refractivity contribution < 1.29 is 28.3 Å². The van der Waals surface area contributed by atoms with Crippen LogP contribution in [0.1, 0.15) is 90.4 Å². The van der Waals surface area contributed by atoms with E-state index < -0.39 is 11.8 Å². The predicted octanol–water partition coefficient (Wildman–Crippen LogP) is 7.93. The Bertz CT molecular complexity index is 1730. The smallest absolute Gasteiger partial charge is 0.335 e. The molecule has 8 nitrogen and oxygen atoms in total. The number of rotatable bonds is 8. The molecule has 8 rings (SSSR count). The molecule has 44 heavy (non-hydrogen) atoms. The van der Waals surface area contributed by atoms with E-state index in [1.807, 2.05) is 6.07 Å². The molecule has 2 bridgehead atoms. The van der Waals surface area contributed by atoms with E-state index in [4.69, 9.17) is 30.6 Å². The molecular weight excluding hydrogens is 605 g/mol. The lowest BCUT2D eigenvalue weighted by atomic mass is 9.90. The number of hydrogen-bond donors (Lipinski definition) is 1. The predicted molar refractivity (Wildman–Crippen MR) is 165 cm³/mol. The molecule has 2 aliphatic carbocycles. The highest BCUT2D eigenvalue weighted by Gasteiger charge is 2.48. The van der Waals surface area contributed by atoms with Crippen LogP contribution in [0.2, 0.25) is 5.02 Å². The zero-order valence-corrected chi connectivity index (χ0v) is 25.8. The fraction of sp³-hybridized carbons (Fsp3) is 0.485. The molecule has 230 valence electrons. The van der Waals surface area contributed by atoms with Crippen LogP contribution in [0.4, 0.5) is 9.52 Å². The highest BCUT2D eigenvalue weighted by atomic mass is 35.5. The van der Waals surface area contributed by atoms with Crippen LogP contribution < -0.4 is 4.90 Å². The number of aromatic nitrogens is 2. The number of benzene rings is 2. The number of aromatic carboxylic acids is 1. The number of fused-ring (bicyclic) bond motifs is 3. The van der Waals surface area contributed by atoms with Crippen LogP contribution >= 0.6 is 22.9 Å². The number of thiazole rings is 1. The molecule has 2 aromatic carbocycles. The highest BCUT2D eigenvalue weighted by molar-refractivity contribution is 7.22. The summed E-state index contributed by atoms with van der Waals surface area (Å²) < 4.78 is 33.9. The Morgan fingerprint density at radius 3 is 2.77 bits per heavy atom. The summed E-state index contributed by atoms with van der Waals surface area (Å²) in [6, 6.07) is 8.52. The first-order chi connectivity index (χ1) is 21.4. The van der Waals surface area contributed by atoms with Crippen molar-refractivity contribution >= 4 is 44.3 Å². The molecule has 1 unspecified atom stereocenters. The Kier molecular flexibility index (Phi) is 7.16. The van der Waals surface area contributed by atoms with Crippen molar-refractivity contribution in [2.75, 3.05) is 24.7 Å². The fourth-order valence-corrected chi connectivity index (χ4v) is 8.79. The molecule has 4 aliphatic rings. The van der Waals surface area contributed by atoms with Crippen molar-refractivity contribution in [3.63, 3.8) is 0 Å². The summed E-state index contributed by atoms with van der Waals surface area (Å²) in [6.07, 6.45) is 7.42. The van der Waals surface area contributed by atoms with Gasteiger partial charge in [0.1, 0.15) is 17.3 Å². The van der Waals surface area contributed by atoms with Gasteiger partial charge in [-0.2, -0.15) is 0 Å². The largest absolute Gasteiger partial charge is 0.478 e. The van der Waals surface area contributed by atoms with Gasteiger partial charge in [0.25, 0.3) is 0 Å². The summed E-state index contributed by atoms with van der Waals surface area (Å²) in [4.78, 5) is 19.5. The van der Waals surface area contributed by atoms with Gasteiger partial charge in [0.05, 0.1) is 38.6 Å². The summed E-state index contributed by atoms with van der Waals surface area (Å²) in [7, 11) is 0. The third kappa shape index (κ3) is 5.00. The maximum Gasteiger partial charge on any atom is 0.335 e. The summed E-state index contributed by atoms with van der Waals surface area (Å²) >= 11 is 8.01. The van der Waals surface area contributed by atoms with Crippen LogP contribution in [0.3, 0.4) is 0 Å². The second kappa shape index (κ2) is 11.1. The second-order valence-corrected chi connectivity index (χ2v) is 14.1. The molecule has 4 heterocycles. The van der Waals surface area contributed by atoms with Gasteiger partial charge in [0, 0.05) is 37.3 Å². The van der Waals surface area contributed by atoms with Gasteiger partial charge in [-0.1, -0.05) is 34.2 Å². The number of halogens is 2. The number of piperidine rings is 1. The van der Waals surface area contributed by atoms with Crippen LogP contribution in [-0.4, -0.2) is 52.6 Å². The van der Waals surface area contributed by atoms with Gasteiger partial charge in [0.2, 0.25) is 0 Å². The Hall–Kier alpha value is -3.05. The number of anilines is 1. The molecule has 0 radical (unpaired) electrons. The molecule has 1 N–H and O–H groups in total.